The standard InChI is InChI=1S/C15H22N2O/c16-9-15(12-5-7-18-8-6-12)17-10-13-3-1-2-4-14(13)11-17/h1-4,12,15H,5-11,16H2. The molecule has 18 heavy (non-hydrogen) atoms. The highest BCUT2D eigenvalue weighted by Gasteiger charge is 2.31. The zero-order valence-corrected chi connectivity index (χ0v) is 10.8. The Bertz CT molecular complexity index is 376. The van der Waals surface area contributed by atoms with Gasteiger partial charge in [0.2, 0.25) is 0 Å². The lowest BCUT2D eigenvalue weighted by molar-refractivity contribution is 0.0264. The van der Waals surface area contributed by atoms with Crippen LogP contribution < -0.4 is 5.73 Å². The lowest BCUT2D eigenvalue weighted by Crippen LogP contribution is -2.44. The van der Waals surface area contributed by atoms with E-state index in [0.29, 0.717) is 12.0 Å². The molecule has 1 unspecified atom stereocenters. The highest BCUT2D eigenvalue weighted by atomic mass is 16.5. The van der Waals surface area contributed by atoms with E-state index in [1.807, 2.05) is 0 Å². The van der Waals surface area contributed by atoms with Gasteiger partial charge in [-0.05, 0) is 29.9 Å². The molecule has 1 saturated heterocycles. The van der Waals surface area contributed by atoms with Crippen LogP contribution in [0.3, 0.4) is 0 Å². The number of fused-ring (bicyclic) bond motifs is 1. The zero-order valence-electron chi connectivity index (χ0n) is 10.8. The minimum atomic E-state index is 0.515. The molecule has 1 fully saturated rings. The Balaban J connectivity index is 1.71. The first-order valence-electron chi connectivity index (χ1n) is 6.97. The van der Waals surface area contributed by atoms with E-state index in [1.54, 1.807) is 0 Å². The van der Waals surface area contributed by atoms with E-state index in [0.717, 1.165) is 45.7 Å². The fourth-order valence-electron chi connectivity index (χ4n) is 3.33. The molecule has 2 heterocycles. The van der Waals surface area contributed by atoms with Gasteiger partial charge in [0.25, 0.3) is 0 Å². The van der Waals surface area contributed by atoms with Gasteiger partial charge in [-0.25, -0.2) is 0 Å². The molecule has 2 aliphatic heterocycles. The molecule has 2 aliphatic rings. The SMILES string of the molecule is NCC(C1CCOCC1)N1Cc2ccccc2C1. The molecule has 3 heteroatoms. The number of rotatable bonds is 3. The maximum Gasteiger partial charge on any atom is 0.0469 e. The Hall–Kier alpha value is -0.900. The average molecular weight is 246 g/mol. The first-order valence-corrected chi connectivity index (χ1v) is 6.97. The number of hydrogen-bond donors (Lipinski definition) is 1. The van der Waals surface area contributed by atoms with E-state index >= 15 is 0 Å². The number of nitrogens with zero attached hydrogens (tertiary/aromatic N) is 1. The van der Waals surface area contributed by atoms with Gasteiger partial charge in [-0.3, -0.25) is 4.90 Å². The second-order valence-corrected chi connectivity index (χ2v) is 5.43. The topological polar surface area (TPSA) is 38.5 Å². The summed E-state index contributed by atoms with van der Waals surface area (Å²) in [6, 6.07) is 9.27. The molecule has 0 radical (unpaired) electrons. The van der Waals surface area contributed by atoms with E-state index in [2.05, 4.69) is 29.2 Å². The van der Waals surface area contributed by atoms with Crippen LogP contribution in [0.4, 0.5) is 0 Å². The molecule has 0 aromatic heterocycles. The van der Waals surface area contributed by atoms with Crippen molar-refractivity contribution in [3.05, 3.63) is 35.4 Å². The Labute approximate surface area is 109 Å². The molecule has 0 spiro atoms. The van der Waals surface area contributed by atoms with Gasteiger partial charge in [-0.2, -0.15) is 0 Å². The summed E-state index contributed by atoms with van der Waals surface area (Å²) < 4.78 is 5.46. The largest absolute Gasteiger partial charge is 0.381 e. The van der Waals surface area contributed by atoms with Gasteiger partial charge < -0.3 is 10.5 Å². The van der Waals surface area contributed by atoms with E-state index < -0.39 is 0 Å². The van der Waals surface area contributed by atoms with Crippen LogP contribution in [0.5, 0.6) is 0 Å². The quantitative estimate of drug-likeness (QED) is 0.883. The van der Waals surface area contributed by atoms with Crippen LogP contribution in [0.2, 0.25) is 0 Å². The molecular formula is C15H22N2O. The van der Waals surface area contributed by atoms with E-state index in [4.69, 9.17) is 10.5 Å². The normalized spacial score (nSPS) is 22.9. The van der Waals surface area contributed by atoms with Crippen LogP contribution in [0.15, 0.2) is 24.3 Å². The summed E-state index contributed by atoms with van der Waals surface area (Å²) in [7, 11) is 0. The molecule has 0 bridgehead atoms. The Kier molecular flexibility index (Phi) is 3.64. The van der Waals surface area contributed by atoms with Crippen molar-refractivity contribution in [2.75, 3.05) is 19.8 Å². The van der Waals surface area contributed by atoms with Gasteiger partial charge in [-0.1, -0.05) is 24.3 Å². The number of nitrogens with two attached hydrogens (primary N) is 1. The molecule has 2 N–H and O–H groups in total. The second kappa shape index (κ2) is 5.39. The van der Waals surface area contributed by atoms with Crippen molar-refractivity contribution in [3.8, 4) is 0 Å². The molecule has 0 amide bonds. The third-order valence-corrected chi connectivity index (χ3v) is 4.39. The fourth-order valence-corrected chi connectivity index (χ4v) is 3.33. The predicted molar refractivity (Wildman–Crippen MR) is 72.1 cm³/mol. The van der Waals surface area contributed by atoms with E-state index in [9.17, 15) is 0 Å². The smallest absolute Gasteiger partial charge is 0.0469 e. The van der Waals surface area contributed by atoms with Crippen molar-refractivity contribution in [2.45, 2.75) is 32.0 Å². The van der Waals surface area contributed by atoms with Crippen molar-refractivity contribution in [2.24, 2.45) is 11.7 Å². The summed E-state index contributed by atoms with van der Waals surface area (Å²) in [6.45, 7) is 4.70. The summed E-state index contributed by atoms with van der Waals surface area (Å²) in [5.74, 6) is 0.707. The highest BCUT2D eigenvalue weighted by Crippen LogP contribution is 2.29. The van der Waals surface area contributed by atoms with Gasteiger partial charge in [0.1, 0.15) is 0 Å². The monoisotopic (exact) mass is 246 g/mol. The average Bonchev–Trinajstić information content (AvgIpc) is 2.84. The third-order valence-electron chi connectivity index (χ3n) is 4.39. The molecule has 0 saturated carbocycles. The summed E-state index contributed by atoms with van der Waals surface area (Å²) >= 11 is 0. The lowest BCUT2D eigenvalue weighted by Gasteiger charge is -2.35. The van der Waals surface area contributed by atoms with Crippen molar-refractivity contribution in [1.82, 2.24) is 4.90 Å². The van der Waals surface area contributed by atoms with Gasteiger partial charge >= 0.3 is 0 Å². The molecular weight excluding hydrogens is 224 g/mol. The molecule has 3 nitrogen and oxygen atoms in total. The van der Waals surface area contributed by atoms with Crippen LogP contribution in [0.25, 0.3) is 0 Å². The number of hydrogen-bond acceptors (Lipinski definition) is 3. The van der Waals surface area contributed by atoms with Gasteiger partial charge in [-0.15, -0.1) is 0 Å². The minimum Gasteiger partial charge on any atom is -0.381 e. The van der Waals surface area contributed by atoms with E-state index in [1.165, 1.54) is 11.1 Å². The maximum absolute atomic E-state index is 6.04. The fraction of sp³-hybridized carbons (Fsp3) is 0.600. The molecule has 1 aromatic rings. The van der Waals surface area contributed by atoms with Crippen LogP contribution in [0.1, 0.15) is 24.0 Å². The number of ether oxygens (including phenoxy) is 1. The van der Waals surface area contributed by atoms with Crippen LogP contribution in [-0.2, 0) is 17.8 Å². The van der Waals surface area contributed by atoms with E-state index in [-0.39, 0.29) is 0 Å². The molecule has 3 rings (SSSR count). The molecule has 98 valence electrons. The minimum absolute atomic E-state index is 0.515. The summed E-state index contributed by atoms with van der Waals surface area (Å²) in [6.07, 6.45) is 2.32. The summed E-state index contributed by atoms with van der Waals surface area (Å²) in [5, 5.41) is 0. The zero-order chi connectivity index (χ0) is 12.4. The van der Waals surface area contributed by atoms with Crippen LogP contribution in [-0.4, -0.2) is 30.7 Å². The number of benzene rings is 1. The summed E-state index contributed by atoms with van der Waals surface area (Å²) in [5.41, 5.74) is 8.99. The maximum atomic E-state index is 6.04. The molecule has 1 atom stereocenters. The lowest BCUT2D eigenvalue weighted by atomic mass is 9.90. The second-order valence-electron chi connectivity index (χ2n) is 5.43. The van der Waals surface area contributed by atoms with Gasteiger partial charge in [0, 0.05) is 38.9 Å². The van der Waals surface area contributed by atoms with Gasteiger partial charge in [0.15, 0.2) is 0 Å². The van der Waals surface area contributed by atoms with Crippen molar-refractivity contribution >= 4 is 0 Å². The van der Waals surface area contributed by atoms with Crippen LogP contribution in [0, 0.1) is 5.92 Å². The molecule has 1 aromatic carbocycles. The highest BCUT2D eigenvalue weighted by molar-refractivity contribution is 5.30. The first-order chi connectivity index (χ1) is 8.88. The van der Waals surface area contributed by atoms with Crippen molar-refractivity contribution in [1.29, 1.82) is 0 Å². The molecule has 0 aliphatic carbocycles. The Morgan fingerprint density at radius 1 is 1.17 bits per heavy atom. The Morgan fingerprint density at radius 3 is 2.33 bits per heavy atom. The van der Waals surface area contributed by atoms with Gasteiger partial charge in [0.05, 0.1) is 0 Å². The van der Waals surface area contributed by atoms with Crippen molar-refractivity contribution in [3.63, 3.8) is 0 Å². The summed E-state index contributed by atoms with van der Waals surface area (Å²) in [4.78, 5) is 2.56. The first kappa shape index (κ1) is 12.2. The predicted octanol–water partition coefficient (Wildman–Crippen LogP) is 1.76. The third kappa shape index (κ3) is 2.30. The van der Waals surface area contributed by atoms with Crippen molar-refractivity contribution < 1.29 is 4.74 Å². The van der Waals surface area contributed by atoms with Crippen LogP contribution >= 0.6 is 0 Å². The Morgan fingerprint density at radius 2 is 1.78 bits per heavy atom.